The minimum atomic E-state index is -0.493. The summed E-state index contributed by atoms with van der Waals surface area (Å²) in [5, 5.41) is 0. The second kappa shape index (κ2) is 8.73. The Morgan fingerprint density at radius 2 is 1.64 bits per heavy atom. The number of benzene rings is 2. The fourth-order valence-corrected chi connectivity index (χ4v) is 2.43. The topological polar surface area (TPSA) is 77.9 Å². The van der Waals surface area contributed by atoms with Gasteiger partial charge >= 0.3 is 5.97 Å². The molecule has 6 nitrogen and oxygen atoms in total. The van der Waals surface area contributed by atoms with Gasteiger partial charge in [0.15, 0.2) is 17.3 Å². The Bertz CT molecular complexity index is 1010. The maximum atomic E-state index is 12.2. The summed E-state index contributed by atoms with van der Waals surface area (Å²) < 4.78 is 10.7. The van der Waals surface area contributed by atoms with Crippen molar-refractivity contribution in [3.63, 3.8) is 0 Å². The molecule has 3 rings (SSSR count). The number of aromatic nitrogens is 1. The molecule has 0 aliphatic heterocycles. The number of ether oxygens (including phenoxy) is 2. The molecule has 0 spiro atoms. The van der Waals surface area contributed by atoms with Crippen molar-refractivity contribution in [3.8, 4) is 11.5 Å². The van der Waals surface area contributed by atoms with E-state index in [2.05, 4.69) is 9.98 Å². The summed E-state index contributed by atoms with van der Waals surface area (Å²) in [6.45, 7) is 1.52. The summed E-state index contributed by atoms with van der Waals surface area (Å²) in [7, 11) is 1.50. The first kappa shape index (κ1) is 19.0. The van der Waals surface area contributed by atoms with Crippen LogP contribution in [0.3, 0.4) is 0 Å². The quantitative estimate of drug-likeness (QED) is 0.279. The lowest BCUT2D eigenvalue weighted by molar-refractivity contribution is 0.0729. The van der Waals surface area contributed by atoms with Gasteiger partial charge < -0.3 is 9.47 Å². The first-order valence-corrected chi connectivity index (χ1v) is 8.52. The Balaban J connectivity index is 1.75. The molecule has 6 heteroatoms. The molecule has 0 saturated carbocycles. The lowest BCUT2D eigenvalue weighted by Gasteiger charge is -2.09. The van der Waals surface area contributed by atoms with E-state index in [0.717, 1.165) is 11.3 Å². The van der Waals surface area contributed by atoms with Crippen molar-refractivity contribution in [2.75, 3.05) is 7.11 Å². The van der Waals surface area contributed by atoms with Crippen molar-refractivity contribution in [2.24, 2.45) is 4.99 Å². The van der Waals surface area contributed by atoms with E-state index >= 15 is 0 Å². The number of nitrogens with zero attached hydrogens (tertiary/aromatic N) is 2. The smallest absolute Gasteiger partial charge is 0.343 e. The summed E-state index contributed by atoms with van der Waals surface area (Å²) in [5.41, 5.74) is 2.53. The Labute approximate surface area is 162 Å². The third-order valence-corrected chi connectivity index (χ3v) is 3.94. The number of rotatable bonds is 6. The zero-order chi connectivity index (χ0) is 19.9. The second-order valence-corrected chi connectivity index (χ2v) is 5.90. The predicted molar refractivity (Wildman–Crippen MR) is 106 cm³/mol. The van der Waals surface area contributed by atoms with Gasteiger partial charge in [0.25, 0.3) is 0 Å². The predicted octanol–water partition coefficient (Wildman–Crippen LogP) is 4.26. The monoisotopic (exact) mass is 374 g/mol. The van der Waals surface area contributed by atoms with E-state index in [4.69, 9.17) is 9.47 Å². The van der Waals surface area contributed by atoms with Crippen molar-refractivity contribution < 1.29 is 19.1 Å². The number of ketones is 1. The minimum absolute atomic E-state index is 0.0113. The maximum Gasteiger partial charge on any atom is 0.343 e. The average Bonchev–Trinajstić information content (AvgIpc) is 2.73. The van der Waals surface area contributed by atoms with E-state index in [0.29, 0.717) is 22.6 Å². The molecule has 0 aliphatic carbocycles. The van der Waals surface area contributed by atoms with Gasteiger partial charge in [-0.2, -0.15) is 0 Å². The number of esters is 1. The van der Waals surface area contributed by atoms with Gasteiger partial charge in [-0.25, -0.2) is 4.79 Å². The van der Waals surface area contributed by atoms with Crippen molar-refractivity contribution in [3.05, 3.63) is 83.7 Å². The minimum Gasteiger partial charge on any atom is -0.493 e. The molecule has 0 fully saturated rings. The lowest BCUT2D eigenvalue weighted by atomic mass is 10.1. The molecule has 3 aromatic rings. The molecule has 0 atom stereocenters. The highest BCUT2D eigenvalue weighted by molar-refractivity contribution is 5.94. The lowest BCUT2D eigenvalue weighted by Crippen LogP contribution is -2.09. The van der Waals surface area contributed by atoms with E-state index in [9.17, 15) is 9.59 Å². The molecule has 0 saturated heterocycles. The first-order chi connectivity index (χ1) is 13.6. The van der Waals surface area contributed by atoms with Gasteiger partial charge in [-0.1, -0.05) is 0 Å². The number of pyridine rings is 1. The van der Waals surface area contributed by atoms with Crippen molar-refractivity contribution in [1.29, 1.82) is 0 Å². The molecule has 140 valence electrons. The van der Waals surface area contributed by atoms with Crippen molar-refractivity contribution in [1.82, 2.24) is 4.98 Å². The third kappa shape index (κ3) is 4.67. The standard InChI is InChI=1S/C22H18N2O4/c1-15(25)17-4-6-19(7-5-17)24-14-16-3-8-20(21(13-16)27-2)28-22(26)18-9-11-23-12-10-18/h3-14H,1-2H3. The van der Waals surface area contributed by atoms with Crippen LogP contribution in [0.2, 0.25) is 0 Å². The van der Waals surface area contributed by atoms with Crippen LogP contribution in [0.4, 0.5) is 5.69 Å². The highest BCUT2D eigenvalue weighted by atomic mass is 16.6. The highest BCUT2D eigenvalue weighted by Gasteiger charge is 2.12. The maximum absolute atomic E-state index is 12.2. The van der Waals surface area contributed by atoms with E-state index in [-0.39, 0.29) is 5.78 Å². The molecule has 1 heterocycles. The molecule has 0 aliphatic rings. The van der Waals surface area contributed by atoms with Gasteiger partial charge in [0.2, 0.25) is 0 Å². The largest absolute Gasteiger partial charge is 0.493 e. The van der Waals surface area contributed by atoms with Gasteiger partial charge in [0, 0.05) is 24.2 Å². The van der Waals surface area contributed by atoms with Crippen LogP contribution in [0.15, 0.2) is 72.0 Å². The highest BCUT2D eigenvalue weighted by Crippen LogP contribution is 2.28. The molecule has 28 heavy (non-hydrogen) atoms. The van der Waals surface area contributed by atoms with E-state index < -0.39 is 5.97 Å². The molecular weight excluding hydrogens is 356 g/mol. The second-order valence-electron chi connectivity index (χ2n) is 5.90. The fraction of sp³-hybridized carbons (Fsp3) is 0.0909. The number of hydrogen-bond acceptors (Lipinski definition) is 6. The SMILES string of the molecule is COc1cc(C=Nc2ccc(C(C)=O)cc2)ccc1OC(=O)c1ccncc1. The number of Topliss-reactive ketones (excluding diaryl/α,β-unsaturated/α-hetero) is 1. The summed E-state index contributed by atoms with van der Waals surface area (Å²) in [5.74, 6) is 0.246. The normalized spacial score (nSPS) is 10.6. The van der Waals surface area contributed by atoms with Gasteiger partial charge in [-0.15, -0.1) is 0 Å². The van der Waals surface area contributed by atoms with Gasteiger partial charge in [0.1, 0.15) is 0 Å². The van der Waals surface area contributed by atoms with E-state index in [1.807, 2.05) is 0 Å². The van der Waals surface area contributed by atoms with Crippen LogP contribution in [0, 0.1) is 0 Å². The summed E-state index contributed by atoms with van der Waals surface area (Å²) in [6, 6.07) is 15.3. The first-order valence-electron chi connectivity index (χ1n) is 8.52. The molecule has 2 aromatic carbocycles. The molecule has 0 unspecified atom stereocenters. The van der Waals surface area contributed by atoms with Crippen molar-refractivity contribution >= 4 is 23.7 Å². The Hall–Kier alpha value is -3.80. The summed E-state index contributed by atoms with van der Waals surface area (Å²) in [6.07, 6.45) is 4.71. The van der Waals surface area contributed by atoms with E-state index in [1.165, 1.54) is 26.4 Å². The number of methoxy groups -OCH3 is 1. The van der Waals surface area contributed by atoms with Gasteiger partial charge in [-0.3, -0.25) is 14.8 Å². The zero-order valence-electron chi connectivity index (χ0n) is 15.5. The van der Waals surface area contributed by atoms with Gasteiger partial charge in [-0.05, 0) is 67.1 Å². The third-order valence-electron chi connectivity index (χ3n) is 3.94. The molecule has 0 N–H and O–H groups in total. The van der Waals surface area contributed by atoms with Gasteiger partial charge in [0.05, 0.1) is 18.4 Å². The summed E-state index contributed by atoms with van der Waals surface area (Å²) >= 11 is 0. The molecule has 0 bridgehead atoms. The van der Waals surface area contributed by atoms with Crippen LogP contribution in [0.25, 0.3) is 0 Å². The Morgan fingerprint density at radius 3 is 2.29 bits per heavy atom. The van der Waals surface area contributed by atoms with E-state index in [1.54, 1.807) is 60.8 Å². The number of carbonyl (C=O) groups is 2. The van der Waals surface area contributed by atoms with Crippen LogP contribution < -0.4 is 9.47 Å². The fourth-order valence-electron chi connectivity index (χ4n) is 2.43. The van der Waals surface area contributed by atoms with Crippen LogP contribution in [-0.2, 0) is 0 Å². The molecular formula is C22H18N2O4. The number of hydrogen-bond donors (Lipinski definition) is 0. The number of aliphatic imine (C=N–C) groups is 1. The molecule has 0 amide bonds. The summed E-state index contributed by atoms with van der Waals surface area (Å²) in [4.78, 5) is 31.8. The van der Waals surface area contributed by atoms with Crippen LogP contribution in [0.5, 0.6) is 11.5 Å². The Morgan fingerprint density at radius 1 is 0.929 bits per heavy atom. The molecule has 0 radical (unpaired) electrons. The molecule has 1 aromatic heterocycles. The average molecular weight is 374 g/mol. The van der Waals surface area contributed by atoms with Crippen LogP contribution in [-0.4, -0.2) is 30.1 Å². The number of carbonyl (C=O) groups excluding carboxylic acids is 2. The zero-order valence-corrected chi connectivity index (χ0v) is 15.5. The van der Waals surface area contributed by atoms with Crippen LogP contribution >= 0.6 is 0 Å². The van der Waals surface area contributed by atoms with Crippen molar-refractivity contribution in [2.45, 2.75) is 6.92 Å². The van der Waals surface area contributed by atoms with Crippen LogP contribution in [0.1, 0.15) is 33.2 Å². The Kier molecular flexibility index (Phi) is 5.91.